The molecule has 3 aliphatic rings. The Kier molecular flexibility index (Phi) is 8.90. The Hall–Kier alpha value is -6.10. The molecule has 0 spiro atoms. The van der Waals surface area contributed by atoms with Gasteiger partial charge in [-0.05, 0) is 92.3 Å². The summed E-state index contributed by atoms with van der Waals surface area (Å²) in [6.07, 6.45) is 6.92. The van der Waals surface area contributed by atoms with Crippen molar-refractivity contribution in [1.82, 2.24) is 35.5 Å². The van der Waals surface area contributed by atoms with E-state index in [2.05, 4.69) is 37.0 Å². The van der Waals surface area contributed by atoms with Crippen LogP contribution in [0.25, 0.3) is 0 Å². The van der Waals surface area contributed by atoms with E-state index >= 15 is 0 Å². The summed E-state index contributed by atoms with van der Waals surface area (Å²) in [5.41, 5.74) is -0.00532. The highest BCUT2D eigenvalue weighted by Crippen LogP contribution is 2.47. The number of hydrogen-bond acceptors (Lipinski definition) is 8. The molecular formula is C40H33Cl2N9O4. The second kappa shape index (κ2) is 13.6. The molecule has 1 aliphatic heterocycles. The lowest BCUT2D eigenvalue weighted by Crippen LogP contribution is -2.52. The molecule has 2 saturated carbocycles. The number of imidazole rings is 1. The first-order valence-electron chi connectivity index (χ1n) is 17.6. The zero-order valence-corrected chi connectivity index (χ0v) is 31.0. The van der Waals surface area contributed by atoms with Crippen LogP contribution in [0.1, 0.15) is 76.0 Å². The molecule has 4 amide bonds. The van der Waals surface area contributed by atoms with Crippen LogP contribution in [0.4, 0.5) is 11.6 Å². The number of carbonyl (C=O) groups excluding carboxylic acids is 4. The van der Waals surface area contributed by atoms with Gasteiger partial charge in [0.1, 0.15) is 22.5 Å². The van der Waals surface area contributed by atoms with Gasteiger partial charge in [0, 0.05) is 35.4 Å². The molecule has 15 heteroatoms. The molecule has 0 unspecified atom stereocenters. The second-order valence-electron chi connectivity index (χ2n) is 14.3. The Morgan fingerprint density at radius 3 is 2.29 bits per heavy atom. The van der Waals surface area contributed by atoms with E-state index in [9.17, 15) is 24.4 Å². The number of nitrogens with zero attached hydrogens (tertiary/aromatic N) is 6. The lowest BCUT2D eigenvalue weighted by Gasteiger charge is -2.27. The predicted molar refractivity (Wildman–Crippen MR) is 202 cm³/mol. The number of hydrogen-bond donors (Lipinski definition) is 3. The van der Waals surface area contributed by atoms with Crippen molar-refractivity contribution in [2.45, 2.75) is 62.2 Å². The number of aromatic nitrogens is 4. The van der Waals surface area contributed by atoms with E-state index in [1.54, 1.807) is 90.6 Å². The monoisotopic (exact) mass is 773 g/mol. The fraction of sp³-hybridized carbons (Fsp3) is 0.250. The van der Waals surface area contributed by atoms with Crippen LogP contribution in [0, 0.1) is 11.3 Å². The molecule has 3 N–H and O–H groups in total. The lowest BCUT2D eigenvalue weighted by atomic mass is 9.91. The number of pyridine rings is 2. The van der Waals surface area contributed by atoms with Gasteiger partial charge in [-0.2, -0.15) is 5.26 Å². The first-order chi connectivity index (χ1) is 26.4. The quantitative estimate of drug-likeness (QED) is 0.158. The van der Waals surface area contributed by atoms with E-state index in [1.165, 1.54) is 11.1 Å². The van der Waals surface area contributed by atoms with E-state index in [-0.39, 0.29) is 41.5 Å². The Bertz CT molecular complexity index is 2400. The minimum Gasteiger partial charge on any atom is -0.347 e. The standard InChI is InChI=1S/C40H33Cl2N9O4/c1-38(19-24-7-9-25(20-43)10-8-24)36(55)50(29-17-27(41)16-28(42)18-29)37-46-23-31(51(37)38)34(53)48-40(13-14-40)35(54)49-39(11-12-39)32-6-2-5-30(47-32)33(52)45-22-26-4-3-15-44-21-26/h2-10,15-18,21,23H,11-14,19,22H2,1H3,(H,45,52)(H,48,53)(H,49,54)/t38-/m1/s1. The van der Waals surface area contributed by atoms with E-state index < -0.39 is 22.5 Å². The van der Waals surface area contributed by atoms with Crippen molar-refractivity contribution in [3.63, 3.8) is 0 Å². The normalized spacial score (nSPS) is 18.5. The zero-order chi connectivity index (χ0) is 38.5. The van der Waals surface area contributed by atoms with Gasteiger partial charge < -0.3 is 16.0 Å². The third kappa shape index (κ3) is 6.68. The number of halogens is 2. The van der Waals surface area contributed by atoms with Crippen LogP contribution in [0.5, 0.6) is 0 Å². The van der Waals surface area contributed by atoms with Crippen LogP contribution < -0.4 is 20.9 Å². The van der Waals surface area contributed by atoms with Crippen LogP contribution in [0.15, 0.2) is 91.4 Å². The molecule has 0 bridgehead atoms. The Labute approximate surface area is 325 Å². The molecule has 13 nitrogen and oxygen atoms in total. The van der Waals surface area contributed by atoms with Crippen molar-refractivity contribution in [2.75, 3.05) is 4.90 Å². The van der Waals surface area contributed by atoms with Crippen LogP contribution in [0.3, 0.4) is 0 Å². The Balaban J connectivity index is 1.03. The summed E-state index contributed by atoms with van der Waals surface area (Å²) in [7, 11) is 0. The second-order valence-corrected chi connectivity index (χ2v) is 15.2. The summed E-state index contributed by atoms with van der Waals surface area (Å²) >= 11 is 12.7. The third-order valence-corrected chi connectivity index (χ3v) is 10.8. The molecule has 0 saturated heterocycles. The van der Waals surface area contributed by atoms with Gasteiger partial charge in [-0.1, -0.05) is 47.5 Å². The van der Waals surface area contributed by atoms with E-state index in [0.29, 0.717) is 59.2 Å². The van der Waals surface area contributed by atoms with Crippen LogP contribution in [-0.4, -0.2) is 48.7 Å². The minimum atomic E-state index is -1.35. The maximum Gasteiger partial charge on any atom is 0.270 e. The van der Waals surface area contributed by atoms with Crippen molar-refractivity contribution in [3.05, 3.63) is 135 Å². The number of nitriles is 1. The van der Waals surface area contributed by atoms with Crippen LogP contribution in [-0.2, 0) is 33.6 Å². The molecule has 276 valence electrons. The SMILES string of the molecule is C[C@@]1(Cc2ccc(C#N)cc2)C(=O)N(c2cc(Cl)cc(Cl)c2)c2ncc(C(=O)NC3(C(=O)NC4(c5cccc(C(=O)NCc6cccnc6)n5)CC4)CC3)n21. The number of fused-ring (bicyclic) bond motifs is 1. The summed E-state index contributed by atoms with van der Waals surface area (Å²) in [5, 5.41) is 18.9. The van der Waals surface area contributed by atoms with Crippen LogP contribution in [0.2, 0.25) is 10.0 Å². The number of rotatable bonds is 11. The van der Waals surface area contributed by atoms with Crippen molar-refractivity contribution in [2.24, 2.45) is 0 Å². The van der Waals surface area contributed by atoms with Crippen molar-refractivity contribution >= 4 is 58.5 Å². The molecule has 0 radical (unpaired) electrons. The number of anilines is 2. The van der Waals surface area contributed by atoms with E-state index in [4.69, 9.17) is 23.2 Å². The fourth-order valence-corrected chi connectivity index (χ4v) is 7.56. The van der Waals surface area contributed by atoms with Gasteiger partial charge in [0.05, 0.1) is 34.7 Å². The smallest absolute Gasteiger partial charge is 0.270 e. The summed E-state index contributed by atoms with van der Waals surface area (Å²) in [6, 6.07) is 22.5. The van der Waals surface area contributed by atoms with Gasteiger partial charge in [-0.3, -0.25) is 28.7 Å². The Morgan fingerprint density at radius 2 is 1.64 bits per heavy atom. The summed E-state index contributed by atoms with van der Waals surface area (Å²) in [5.74, 6) is -1.48. The zero-order valence-electron chi connectivity index (χ0n) is 29.5. The first-order valence-corrected chi connectivity index (χ1v) is 18.4. The molecule has 2 aromatic carbocycles. The topological polar surface area (TPSA) is 175 Å². The summed E-state index contributed by atoms with van der Waals surface area (Å²) in [4.78, 5) is 70.2. The Morgan fingerprint density at radius 1 is 0.891 bits per heavy atom. The maximum atomic E-state index is 14.4. The highest BCUT2D eigenvalue weighted by Gasteiger charge is 2.57. The van der Waals surface area contributed by atoms with Gasteiger partial charge in [-0.15, -0.1) is 0 Å². The average Bonchev–Trinajstić information content (AvgIpc) is 4.09. The highest BCUT2D eigenvalue weighted by atomic mass is 35.5. The highest BCUT2D eigenvalue weighted by molar-refractivity contribution is 6.35. The molecule has 8 rings (SSSR count). The van der Waals surface area contributed by atoms with Crippen molar-refractivity contribution in [1.29, 1.82) is 5.26 Å². The number of amides is 4. The molecule has 2 fully saturated rings. The van der Waals surface area contributed by atoms with Crippen molar-refractivity contribution in [3.8, 4) is 6.07 Å². The largest absolute Gasteiger partial charge is 0.347 e. The van der Waals surface area contributed by atoms with Crippen molar-refractivity contribution < 1.29 is 19.2 Å². The number of benzene rings is 2. The molecule has 5 aromatic rings. The molecule has 4 heterocycles. The predicted octanol–water partition coefficient (Wildman–Crippen LogP) is 5.49. The lowest BCUT2D eigenvalue weighted by molar-refractivity contribution is -0.125. The number of carbonyl (C=O) groups is 4. The minimum absolute atomic E-state index is 0.0852. The first kappa shape index (κ1) is 35.9. The summed E-state index contributed by atoms with van der Waals surface area (Å²) < 4.78 is 1.59. The van der Waals surface area contributed by atoms with E-state index in [0.717, 1.165) is 11.1 Å². The molecule has 1 atom stereocenters. The molecule has 55 heavy (non-hydrogen) atoms. The fourth-order valence-electron chi connectivity index (χ4n) is 7.05. The van der Waals surface area contributed by atoms with Gasteiger partial charge in [0.2, 0.25) is 11.9 Å². The van der Waals surface area contributed by atoms with Gasteiger partial charge in [-0.25, -0.2) is 14.9 Å². The third-order valence-electron chi connectivity index (χ3n) is 10.4. The summed E-state index contributed by atoms with van der Waals surface area (Å²) in [6.45, 7) is 2.01. The number of nitrogens with one attached hydrogen (secondary N) is 3. The molecule has 3 aromatic heterocycles. The molecule has 2 aliphatic carbocycles. The van der Waals surface area contributed by atoms with E-state index in [1.807, 2.05) is 6.07 Å². The molecular weight excluding hydrogens is 741 g/mol. The van der Waals surface area contributed by atoms with Gasteiger partial charge >= 0.3 is 0 Å². The van der Waals surface area contributed by atoms with Crippen LogP contribution >= 0.6 is 23.2 Å². The average molecular weight is 775 g/mol. The van der Waals surface area contributed by atoms with Gasteiger partial charge in [0.15, 0.2) is 0 Å². The van der Waals surface area contributed by atoms with Gasteiger partial charge in [0.25, 0.3) is 17.7 Å². The maximum absolute atomic E-state index is 14.4.